The number of esters is 2. The zero-order chi connectivity index (χ0) is 26.9. The molecular formula is C26H22ClFN2O6S. The number of aromatic nitrogens is 1. The second-order valence-electron chi connectivity index (χ2n) is 7.94. The zero-order valence-corrected chi connectivity index (χ0v) is 21.9. The molecule has 192 valence electrons. The van der Waals surface area contributed by atoms with Crippen LogP contribution in [-0.2, 0) is 14.3 Å². The molecule has 0 saturated heterocycles. The average molecular weight is 545 g/mol. The van der Waals surface area contributed by atoms with Crippen LogP contribution in [0.25, 0.3) is 6.08 Å². The van der Waals surface area contributed by atoms with Crippen molar-refractivity contribution >= 4 is 41.0 Å². The van der Waals surface area contributed by atoms with E-state index >= 15 is 0 Å². The van der Waals surface area contributed by atoms with Crippen LogP contribution < -0.4 is 24.4 Å². The molecule has 0 saturated carbocycles. The maximum absolute atomic E-state index is 14.5. The van der Waals surface area contributed by atoms with Crippen LogP contribution in [0.5, 0.6) is 11.5 Å². The van der Waals surface area contributed by atoms with Gasteiger partial charge >= 0.3 is 11.9 Å². The zero-order valence-electron chi connectivity index (χ0n) is 20.3. The topological polar surface area (TPSA) is 96.2 Å². The monoisotopic (exact) mass is 544 g/mol. The molecule has 0 bridgehead atoms. The number of nitrogens with zero attached hydrogens (tertiary/aromatic N) is 2. The van der Waals surface area contributed by atoms with Gasteiger partial charge in [-0.15, -0.1) is 0 Å². The SMILES string of the molecule is CCOC(=O)C1=C(C)N=c2s/c(=C/c3c(F)cccc3Cl)c(=O)n2[C@H]1c1ccc(OC(C)=O)c(OC)c1. The Hall–Kier alpha value is -3.76. The summed E-state index contributed by atoms with van der Waals surface area (Å²) in [6.07, 6.45) is 1.37. The number of thiazole rings is 1. The van der Waals surface area contributed by atoms with Crippen LogP contribution in [-0.4, -0.2) is 30.2 Å². The quantitative estimate of drug-likeness (QED) is 0.348. The van der Waals surface area contributed by atoms with E-state index in [2.05, 4.69) is 4.99 Å². The third-order valence-corrected chi connectivity index (χ3v) is 6.86. The fourth-order valence-electron chi connectivity index (χ4n) is 3.98. The van der Waals surface area contributed by atoms with Gasteiger partial charge in [0.15, 0.2) is 16.3 Å². The normalized spacial score (nSPS) is 15.2. The highest BCUT2D eigenvalue weighted by Crippen LogP contribution is 2.36. The van der Waals surface area contributed by atoms with Gasteiger partial charge in [-0.25, -0.2) is 14.2 Å². The average Bonchev–Trinajstić information content (AvgIpc) is 3.15. The molecule has 1 aromatic heterocycles. The van der Waals surface area contributed by atoms with Crippen LogP contribution in [0, 0.1) is 5.82 Å². The van der Waals surface area contributed by atoms with E-state index in [4.69, 9.17) is 25.8 Å². The second kappa shape index (κ2) is 10.7. The molecule has 1 aliphatic heterocycles. The Morgan fingerprint density at radius 1 is 1.24 bits per heavy atom. The van der Waals surface area contributed by atoms with Gasteiger partial charge in [0.1, 0.15) is 5.82 Å². The summed E-state index contributed by atoms with van der Waals surface area (Å²) in [5.74, 6) is -1.34. The Morgan fingerprint density at radius 2 is 2.00 bits per heavy atom. The summed E-state index contributed by atoms with van der Waals surface area (Å²) >= 11 is 7.21. The molecule has 0 aliphatic carbocycles. The predicted octanol–water partition coefficient (Wildman–Crippen LogP) is 3.52. The van der Waals surface area contributed by atoms with Crippen LogP contribution >= 0.6 is 22.9 Å². The van der Waals surface area contributed by atoms with E-state index in [1.54, 1.807) is 26.0 Å². The first kappa shape index (κ1) is 26.3. The number of fused-ring (bicyclic) bond motifs is 1. The van der Waals surface area contributed by atoms with E-state index in [0.29, 0.717) is 16.1 Å². The van der Waals surface area contributed by atoms with E-state index < -0.39 is 29.4 Å². The number of allylic oxidation sites excluding steroid dienone is 1. The van der Waals surface area contributed by atoms with Crippen LogP contribution in [0.2, 0.25) is 5.02 Å². The molecular weight excluding hydrogens is 523 g/mol. The first-order valence-electron chi connectivity index (χ1n) is 11.2. The smallest absolute Gasteiger partial charge is 0.338 e. The summed E-state index contributed by atoms with van der Waals surface area (Å²) in [4.78, 5) is 43.0. The summed E-state index contributed by atoms with van der Waals surface area (Å²) in [6.45, 7) is 4.70. The molecule has 11 heteroatoms. The summed E-state index contributed by atoms with van der Waals surface area (Å²) in [5.41, 5.74) is 0.585. The van der Waals surface area contributed by atoms with Crippen molar-refractivity contribution in [2.45, 2.75) is 26.8 Å². The highest BCUT2D eigenvalue weighted by Gasteiger charge is 2.34. The number of methoxy groups -OCH3 is 1. The number of benzene rings is 2. The number of carbonyl (C=O) groups excluding carboxylic acids is 2. The van der Waals surface area contributed by atoms with Crippen molar-refractivity contribution in [3.05, 3.63) is 89.3 Å². The first-order chi connectivity index (χ1) is 17.7. The molecule has 0 unspecified atom stereocenters. The second-order valence-corrected chi connectivity index (χ2v) is 9.36. The van der Waals surface area contributed by atoms with Gasteiger partial charge in [-0.1, -0.05) is 35.1 Å². The molecule has 0 spiro atoms. The molecule has 2 heterocycles. The van der Waals surface area contributed by atoms with Gasteiger partial charge in [-0.05, 0) is 49.8 Å². The minimum absolute atomic E-state index is 0.0692. The van der Waals surface area contributed by atoms with Crippen molar-refractivity contribution < 1.29 is 28.2 Å². The Bertz CT molecular complexity index is 1600. The standard InChI is InChI=1S/C26H22ClFN2O6S/c1-5-35-25(33)22-13(2)29-26-30(23(22)15-9-10-19(36-14(3)31)20(11-15)34-4)24(32)21(37-26)12-16-17(27)7-6-8-18(16)28/h6-12,23H,5H2,1-4H3/b21-12+/t23-/m0/s1. The van der Waals surface area contributed by atoms with E-state index in [9.17, 15) is 18.8 Å². The van der Waals surface area contributed by atoms with Crippen molar-refractivity contribution in [1.29, 1.82) is 0 Å². The van der Waals surface area contributed by atoms with Gasteiger partial charge in [-0.2, -0.15) is 0 Å². The highest BCUT2D eigenvalue weighted by atomic mass is 35.5. The summed E-state index contributed by atoms with van der Waals surface area (Å²) < 4.78 is 31.9. The summed E-state index contributed by atoms with van der Waals surface area (Å²) in [7, 11) is 1.41. The van der Waals surface area contributed by atoms with Crippen LogP contribution in [0.1, 0.15) is 37.9 Å². The van der Waals surface area contributed by atoms with E-state index in [0.717, 1.165) is 11.3 Å². The lowest BCUT2D eigenvalue weighted by molar-refractivity contribution is -0.139. The number of hydrogen-bond donors (Lipinski definition) is 0. The molecule has 1 atom stereocenters. The Labute approximate surface area is 219 Å². The predicted molar refractivity (Wildman–Crippen MR) is 136 cm³/mol. The number of halogens is 2. The van der Waals surface area contributed by atoms with Crippen molar-refractivity contribution in [3.63, 3.8) is 0 Å². The molecule has 0 amide bonds. The first-order valence-corrected chi connectivity index (χ1v) is 12.4. The van der Waals surface area contributed by atoms with Gasteiger partial charge in [0.05, 0.1) is 40.6 Å². The third-order valence-electron chi connectivity index (χ3n) is 5.55. The number of hydrogen-bond acceptors (Lipinski definition) is 8. The summed E-state index contributed by atoms with van der Waals surface area (Å²) in [6, 6.07) is 8.02. The molecule has 1 aliphatic rings. The fraction of sp³-hybridized carbons (Fsp3) is 0.231. The number of carbonyl (C=O) groups is 2. The minimum atomic E-state index is -0.936. The summed E-state index contributed by atoms with van der Waals surface area (Å²) in [5, 5.41) is 0.150. The third kappa shape index (κ3) is 5.07. The van der Waals surface area contributed by atoms with Crippen LogP contribution in [0.15, 0.2) is 57.5 Å². The highest BCUT2D eigenvalue weighted by molar-refractivity contribution is 7.07. The van der Waals surface area contributed by atoms with Gasteiger partial charge in [0, 0.05) is 12.5 Å². The van der Waals surface area contributed by atoms with Gasteiger partial charge in [0.25, 0.3) is 5.56 Å². The lowest BCUT2D eigenvalue weighted by Gasteiger charge is -2.25. The maximum Gasteiger partial charge on any atom is 0.338 e. The molecule has 37 heavy (non-hydrogen) atoms. The van der Waals surface area contributed by atoms with Crippen molar-refractivity contribution in [2.75, 3.05) is 13.7 Å². The molecule has 3 aromatic rings. The Kier molecular flexibility index (Phi) is 7.60. The van der Waals surface area contributed by atoms with Gasteiger partial charge in [-0.3, -0.25) is 14.2 Å². The lowest BCUT2D eigenvalue weighted by atomic mass is 9.95. The van der Waals surface area contributed by atoms with Gasteiger partial charge in [0.2, 0.25) is 0 Å². The molecule has 4 rings (SSSR count). The largest absolute Gasteiger partial charge is 0.493 e. The van der Waals surface area contributed by atoms with Crippen molar-refractivity contribution in [3.8, 4) is 11.5 Å². The molecule has 0 radical (unpaired) electrons. The number of ether oxygens (including phenoxy) is 3. The van der Waals surface area contributed by atoms with E-state index in [-0.39, 0.29) is 38.8 Å². The fourth-order valence-corrected chi connectivity index (χ4v) is 5.23. The van der Waals surface area contributed by atoms with Crippen LogP contribution in [0.4, 0.5) is 4.39 Å². The molecule has 2 aromatic carbocycles. The maximum atomic E-state index is 14.5. The molecule has 8 nitrogen and oxygen atoms in total. The van der Waals surface area contributed by atoms with Crippen molar-refractivity contribution in [2.24, 2.45) is 4.99 Å². The van der Waals surface area contributed by atoms with E-state index in [1.165, 1.54) is 48.9 Å². The molecule has 0 fully saturated rings. The molecule has 0 N–H and O–H groups in total. The minimum Gasteiger partial charge on any atom is -0.493 e. The van der Waals surface area contributed by atoms with Gasteiger partial charge < -0.3 is 14.2 Å². The van der Waals surface area contributed by atoms with Crippen LogP contribution in [0.3, 0.4) is 0 Å². The Balaban J connectivity index is 1.98. The Morgan fingerprint density at radius 3 is 2.65 bits per heavy atom. The lowest BCUT2D eigenvalue weighted by Crippen LogP contribution is -2.40. The number of rotatable bonds is 6. The van der Waals surface area contributed by atoms with E-state index in [1.807, 2.05) is 0 Å². The van der Waals surface area contributed by atoms with Crippen molar-refractivity contribution in [1.82, 2.24) is 4.57 Å².